The zero-order valence-electron chi connectivity index (χ0n) is 14.6. The molecule has 2 aromatic carbocycles. The summed E-state index contributed by atoms with van der Waals surface area (Å²) in [6.07, 6.45) is 2.69. The van der Waals surface area contributed by atoms with Crippen molar-refractivity contribution in [3.63, 3.8) is 0 Å². The Labute approximate surface area is 146 Å². The normalized spacial score (nSPS) is 11.6. The maximum atomic E-state index is 10.1. The van der Waals surface area contributed by atoms with E-state index >= 15 is 0 Å². The summed E-state index contributed by atoms with van der Waals surface area (Å²) in [5, 5.41) is 11.1. The number of methoxy groups -OCH3 is 2. The first-order valence-corrected chi connectivity index (χ1v) is 8.13. The largest absolute Gasteiger partial charge is 0.507 e. The third-order valence-corrected chi connectivity index (χ3v) is 4.11. The molecule has 0 amide bonds. The monoisotopic (exact) mass is 337 g/mol. The van der Waals surface area contributed by atoms with Crippen LogP contribution >= 0.6 is 0 Å². The van der Waals surface area contributed by atoms with Crippen molar-refractivity contribution in [2.75, 3.05) is 14.2 Å². The van der Waals surface area contributed by atoms with E-state index in [1.807, 2.05) is 36.4 Å². The summed E-state index contributed by atoms with van der Waals surface area (Å²) < 4.78 is 16.5. The SMILES string of the molecule is CC/C(=C/c1cc(OC)ccc1O)c1ccc2cc(OC)ccc2[o+]1. The number of rotatable bonds is 5. The van der Waals surface area contributed by atoms with E-state index in [0.717, 1.165) is 34.5 Å². The molecule has 0 unspecified atom stereocenters. The Balaban J connectivity index is 2.04. The molecule has 0 fully saturated rings. The van der Waals surface area contributed by atoms with Gasteiger partial charge in [-0.05, 0) is 48.9 Å². The summed E-state index contributed by atoms with van der Waals surface area (Å²) in [4.78, 5) is 0. The Bertz CT molecular complexity index is 928. The minimum absolute atomic E-state index is 0.206. The van der Waals surface area contributed by atoms with E-state index in [2.05, 4.69) is 6.92 Å². The summed E-state index contributed by atoms with van der Waals surface area (Å²) in [7, 11) is 3.25. The molecule has 128 valence electrons. The van der Waals surface area contributed by atoms with Gasteiger partial charge < -0.3 is 14.6 Å². The quantitative estimate of drug-likeness (QED) is 0.634. The van der Waals surface area contributed by atoms with E-state index < -0.39 is 0 Å². The molecule has 0 bridgehead atoms. The van der Waals surface area contributed by atoms with E-state index in [4.69, 9.17) is 13.9 Å². The molecule has 0 aliphatic heterocycles. The van der Waals surface area contributed by atoms with Gasteiger partial charge in [0.05, 0.1) is 25.2 Å². The second-order valence-corrected chi connectivity index (χ2v) is 5.65. The smallest absolute Gasteiger partial charge is 0.361 e. The molecule has 0 aliphatic rings. The van der Waals surface area contributed by atoms with Gasteiger partial charge in [0.1, 0.15) is 17.2 Å². The number of benzene rings is 2. The highest BCUT2D eigenvalue weighted by Gasteiger charge is 2.17. The summed E-state index contributed by atoms with van der Waals surface area (Å²) in [6, 6.07) is 14.8. The van der Waals surface area contributed by atoms with Crippen molar-refractivity contribution >= 4 is 22.6 Å². The van der Waals surface area contributed by atoms with E-state index in [1.165, 1.54) is 0 Å². The third-order valence-electron chi connectivity index (χ3n) is 4.11. The molecule has 1 heterocycles. The highest BCUT2D eigenvalue weighted by atomic mass is 16.5. The first kappa shape index (κ1) is 16.8. The van der Waals surface area contributed by atoms with Gasteiger partial charge in [-0.1, -0.05) is 6.92 Å². The number of ether oxygens (including phenoxy) is 2. The molecule has 1 aromatic heterocycles. The van der Waals surface area contributed by atoms with Crippen LogP contribution in [0.2, 0.25) is 0 Å². The van der Waals surface area contributed by atoms with Gasteiger partial charge in [-0.25, -0.2) is 4.42 Å². The average Bonchev–Trinajstić information content (AvgIpc) is 2.66. The maximum Gasteiger partial charge on any atom is 0.361 e. The molecular formula is C21H21O4+. The second-order valence-electron chi connectivity index (χ2n) is 5.65. The van der Waals surface area contributed by atoms with Crippen LogP contribution in [0.3, 0.4) is 0 Å². The number of phenolic OH excluding ortho intramolecular Hbond substituents is 1. The molecule has 4 heteroatoms. The summed E-state index contributed by atoms with van der Waals surface area (Å²) in [5.74, 6) is 2.46. The lowest BCUT2D eigenvalue weighted by molar-refractivity contribution is 0.412. The van der Waals surface area contributed by atoms with Crippen LogP contribution in [0, 0.1) is 0 Å². The number of phenols is 1. The second kappa shape index (κ2) is 7.26. The average molecular weight is 337 g/mol. The summed E-state index contributed by atoms with van der Waals surface area (Å²) in [6.45, 7) is 2.05. The van der Waals surface area contributed by atoms with Crippen molar-refractivity contribution in [2.24, 2.45) is 0 Å². The molecule has 3 aromatic rings. The lowest BCUT2D eigenvalue weighted by Crippen LogP contribution is -1.88. The predicted octanol–water partition coefficient (Wildman–Crippen LogP) is 5.39. The Morgan fingerprint density at radius 1 is 1.00 bits per heavy atom. The first-order chi connectivity index (χ1) is 12.1. The standard InChI is InChI=1S/C21H20O4/c1-4-14(11-16-13-17(23-2)6-8-19(16)22)20-9-5-15-12-18(24-3)7-10-21(15)25-20/h5-13H,4H2,1-3H3/p+1/b14-11-. The van der Waals surface area contributed by atoms with E-state index in [0.29, 0.717) is 11.3 Å². The molecule has 0 saturated carbocycles. The van der Waals surface area contributed by atoms with Gasteiger partial charge in [-0.15, -0.1) is 0 Å². The van der Waals surface area contributed by atoms with Crippen LogP contribution in [0.5, 0.6) is 17.2 Å². The fourth-order valence-electron chi connectivity index (χ4n) is 2.68. The van der Waals surface area contributed by atoms with Gasteiger partial charge in [0, 0.05) is 17.7 Å². The third kappa shape index (κ3) is 3.58. The van der Waals surface area contributed by atoms with Gasteiger partial charge >= 0.3 is 11.3 Å². The van der Waals surface area contributed by atoms with Crippen molar-refractivity contribution in [1.82, 2.24) is 0 Å². The van der Waals surface area contributed by atoms with Crippen molar-refractivity contribution in [3.05, 3.63) is 59.9 Å². The van der Waals surface area contributed by atoms with Crippen molar-refractivity contribution in [2.45, 2.75) is 13.3 Å². The zero-order valence-corrected chi connectivity index (χ0v) is 14.6. The molecule has 1 N–H and O–H groups in total. The molecule has 4 nitrogen and oxygen atoms in total. The van der Waals surface area contributed by atoms with Crippen LogP contribution in [0.15, 0.2) is 52.9 Å². The van der Waals surface area contributed by atoms with E-state index in [-0.39, 0.29) is 5.75 Å². The van der Waals surface area contributed by atoms with E-state index in [9.17, 15) is 5.11 Å². The lowest BCUT2D eigenvalue weighted by atomic mass is 10.0. The molecule has 0 saturated heterocycles. The summed E-state index contributed by atoms with van der Waals surface area (Å²) in [5.41, 5.74) is 2.47. The number of aromatic hydroxyl groups is 1. The van der Waals surface area contributed by atoms with Crippen molar-refractivity contribution < 1.29 is 19.0 Å². The van der Waals surface area contributed by atoms with Crippen molar-refractivity contribution in [1.29, 1.82) is 0 Å². The molecule has 25 heavy (non-hydrogen) atoms. The van der Waals surface area contributed by atoms with Gasteiger partial charge in [0.2, 0.25) is 0 Å². The van der Waals surface area contributed by atoms with E-state index in [1.54, 1.807) is 32.4 Å². The minimum atomic E-state index is 0.206. The Morgan fingerprint density at radius 3 is 2.44 bits per heavy atom. The minimum Gasteiger partial charge on any atom is -0.507 e. The molecule has 0 radical (unpaired) electrons. The van der Waals surface area contributed by atoms with Gasteiger partial charge in [-0.3, -0.25) is 0 Å². The van der Waals surface area contributed by atoms with Crippen LogP contribution in [0.4, 0.5) is 0 Å². The van der Waals surface area contributed by atoms with Gasteiger partial charge in [0.25, 0.3) is 0 Å². The highest BCUT2D eigenvalue weighted by Crippen LogP contribution is 2.31. The van der Waals surface area contributed by atoms with Crippen LogP contribution in [0.1, 0.15) is 24.7 Å². The molecule has 3 rings (SSSR count). The van der Waals surface area contributed by atoms with Crippen molar-refractivity contribution in [3.8, 4) is 17.2 Å². The first-order valence-electron chi connectivity index (χ1n) is 8.13. The maximum absolute atomic E-state index is 10.1. The Kier molecular flexibility index (Phi) is 4.89. The lowest BCUT2D eigenvalue weighted by Gasteiger charge is -2.04. The summed E-state index contributed by atoms with van der Waals surface area (Å²) >= 11 is 0. The van der Waals surface area contributed by atoms with Crippen LogP contribution < -0.4 is 9.47 Å². The molecular weight excluding hydrogens is 316 g/mol. The predicted molar refractivity (Wildman–Crippen MR) is 100.0 cm³/mol. The number of fused-ring (bicyclic) bond motifs is 1. The molecule has 0 atom stereocenters. The Morgan fingerprint density at radius 2 is 1.72 bits per heavy atom. The number of allylic oxidation sites excluding steroid dienone is 1. The fourth-order valence-corrected chi connectivity index (χ4v) is 2.68. The molecule has 0 aliphatic carbocycles. The number of hydrogen-bond acceptors (Lipinski definition) is 3. The highest BCUT2D eigenvalue weighted by molar-refractivity contribution is 5.84. The fraction of sp³-hybridized carbons (Fsp3) is 0.190. The topological polar surface area (TPSA) is 50.0 Å². The zero-order chi connectivity index (χ0) is 17.8. The van der Waals surface area contributed by atoms with Crippen LogP contribution in [0.25, 0.3) is 22.6 Å². The van der Waals surface area contributed by atoms with Gasteiger partial charge in [-0.2, -0.15) is 0 Å². The number of hydrogen-bond donors (Lipinski definition) is 1. The van der Waals surface area contributed by atoms with Crippen LogP contribution in [-0.4, -0.2) is 19.3 Å². The Hall–Kier alpha value is -3.01. The van der Waals surface area contributed by atoms with Crippen LogP contribution in [-0.2, 0) is 0 Å². The molecule has 0 spiro atoms. The van der Waals surface area contributed by atoms with Gasteiger partial charge in [0.15, 0.2) is 0 Å².